The van der Waals surface area contributed by atoms with Crippen LogP contribution in [0.25, 0.3) is 10.2 Å². The van der Waals surface area contributed by atoms with Crippen LogP contribution in [0.5, 0.6) is 5.88 Å². The van der Waals surface area contributed by atoms with Crippen LogP contribution in [0.3, 0.4) is 0 Å². The average molecular weight is 498 g/mol. The molecule has 4 rings (SSSR count). The zero-order valence-corrected chi connectivity index (χ0v) is 21.1. The molecule has 1 aliphatic heterocycles. The lowest BCUT2D eigenvalue weighted by molar-refractivity contribution is 0.0164. The van der Waals surface area contributed by atoms with Gasteiger partial charge in [0.05, 0.1) is 24.9 Å². The Morgan fingerprint density at radius 3 is 2.58 bits per heavy atom. The van der Waals surface area contributed by atoms with Crippen molar-refractivity contribution in [3.63, 3.8) is 0 Å². The van der Waals surface area contributed by atoms with Gasteiger partial charge in [0.1, 0.15) is 16.8 Å². The summed E-state index contributed by atoms with van der Waals surface area (Å²) in [7, 11) is -3.50. The second-order valence-corrected chi connectivity index (χ2v) is 12.5. The fraction of sp³-hybridized carbons (Fsp3) is 0.682. The molecule has 1 fully saturated rings. The lowest BCUT2D eigenvalue weighted by atomic mass is 9.98. The SMILES string of the molecule is CC(C)(C)OC(=O)N1CCC(COc2ncnc3sc4c(c23)[C@@H](COS(C)(=O)=O)CC4)CC1. The molecule has 1 atom stereocenters. The van der Waals surface area contributed by atoms with Gasteiger partial charge in [-0.25, -0.2) is 14.8 Å². The summed E-state index contributed by atoms with van der Waals surface area (Å²) in [5, 5.41) is 0.878. The third-order valence-corrected chi connectivity index (χ3v) is 7.64. The Morgan fingerprint density at radius 1 is 1.18 bits per heavy atom. The van der Waals surface area contributed by atoms with Crippen molar-refractivity contribution in [1.82, 2.24) is 14.9 Å². The van der Waals surface area contributed by atoms with Crippen molar-refractivity contribution in [1.29, 1.82) is 0 Å². The van der Waals surface area contributed by atoms with E-state index in [4.69, 9.17) is 13.7 Å². The highest BCUT2D eigenvalue weighted by Crippen LogP contribution is 2.46. The number of fused-ring (bicyclic) bond motifs is 3. The standard InChI is InChI=1S/C22H31N3O6S2/c1-22(2,3)31-21(26)25-9-7-14(8-10-25)11-29-19-18-17-15(12-30-33(4,27)28)5-6-16(17)32-20(18)24-13-23-19/h13-15H,5-12H2,1-4H3/t15-/m1/s1. The molecule has 0 spiro atoms. The molecule has 9 nitrogen and oxygen atoms in total. The summed E-state index contributed by atoms with van der Waals surface area (Å²) in [4.78, 5) is 24.9. The van der Waals surface area contributed by atoms with E-state index in [1.165, 1.54) is 11.2 Å². The summed E-state index contributed by atoms with van der Waals surface area (Å²) >= 11 is 1.61. The predicted molar refractivity (Wildman–Crippen MR) is 125 cm³/mol. The van der Waals surface area contributed by atoms with Crippen molar-refractivity contribution >= 4 is 37.8 Å². The van der Waals surface area contributed by atoms with Crippen molar-refractivity contribution in [2.24, 2.45) is 5.92 Å². The molecule has 1 saturated heterocycles. The van der Waals surface area contributed by atoms with Gasteiger partial charge in [-0.1, -0.05) is 0 Å². The summed E-state index contributed by atoms with van der Waals surface area (Å²) in [6, 6.07) is 0. The first kappa shape index (κ1) is 24.2. The van der Waals surface area contributed by atoms with Gasteiger partial charge in [-0.3, -0.25) is 4.18 Å². The lowest BCUT2D eigenvalue weighted by Crippen LogP contribution is -2.42. The van der Waals surface area contributed by atoms with Crippen LogP contribution in [0.1, 0.15) is 56.4 Å². The van der Waals surface area contributed by atoms with E-state index in [1.54, 1.807) is 16.2 Å². The van der Waals surface area contributed by atoms with Gasteiger partial charge in [0.15, 0.2) is 0 Å². The van der Waals surface area contributed by atoms with E-state index < -0.39 is 15.7 Å². The molecule has 0 unspecified atom stereocenters. The van der Waals surface area contributed by atoms with Gasteiger partial charge in [-0.15, -0.1) is 11.3 Å². The molecule has 11 heteroatoms. The third kappa shape index (κ3) is 5.93. The highest BCUT2D eigenvalue weighted by Gasteiger charge is 2.32. The minimum atomic E-state index is -3.50. The number of carbonyl (C=O) groups excluding carboxylic acids is 1. The van der Waals surface area contributed by atoms with Crippen molar-refractivity contribution in [3.8, 4) is 5.88 Å². The summed E-state index contributed by atoms with van der Waals surface area (Å²) in [6.45, 7) is 7.51. The zero-order chi connectivity index (χ0) is 23.8. The highest BCUT2D eigenvalue weighted by atomic mass is 32.2. The number of thiophene rings is 1. The van der Waals surface area contributed by atoms with Crippen LogP contribution in [0.2, 0.25) is 0 Å². The van der Waals surface area contributed by atoms with Gasteiger partial charge in [0.2, 0.25) is 5.88 Å². The van der Waals surface area contributed by atoms with E-state index in [9.17, 15) is 13.2 Å². The average Bonchev–Trinajstić information content (AvgIpc) is 3.28. The normalized spacial score (nSPS) is 19.6. The molecule has 0 aromatic carbocycles. The Morgan fingerprint density at radius 2 is 1.91 bits per heavy atom. The van der Waals surface area contributed by atoms with E-state index in [1.807, 2.05) is 20.8 Å². The molecule has 2 aliphatic rings. The maximum absolute atomic E-state index is 12.3. The molecule has 2 aromatic heterocycles. The van der Waals surface area contributed by atoms with Gasteiger partial charge in [0, 0.05) is 23.9 Å². The Hall–Kier alpha value is -1.98. The fourth-order valence-corrected chi connectivity index (χ4v) is 5.97. The van der Waals surface area contributed by atoms with Gasteiger partial charge in [-0.2, -0.15) is 8.42 Å². The first-order valence-corrected chi connectivity index (χ1v) is 13.8. The first-order valence-electron chi connectivity index (χ1n) is 11.2. The largest absolute Gasteiger partial charge is 0.477 e. The van der Waals surface area contributed by atoms with E-state index >= 15 is 0 Å². The molecule has 0 saturated carbocycles. The molecular formula is C22H31N3O6S2. The predicted octanol–water partition coefficient (Wildman–Crippen LogP) is 3.72. The number of nitrogens with zero attached hydrogens (tertiary/aromatic N) is 3. The van der Waals surface area contributed by atoms with Crippen LogP contribution in [0.4, 0.5) is 4.79 Å². The molecule has 1 amide bonds. The van der Waals surface area contributed by atoms with Crippen molar-refractivity contribution in [2.75, 3.05) is 32.6 Å². The number of hydrogen-bond donors (Lipinski definition) is 0. The van der Waals surface area contributed by atoms with Crippen molar-refractivity contribution < 1.29 is 26.9 Å². The van der Waals surface area contributed by atoms with Crippen LogP contribution in [-0.2, 0) is 25.5 Å². The van der Waals surface area contributed by atoms with E-state index in [0.29, 0.717) is 31.5 Å². The molecule has 0 N–H and O–H groups in total. The summed E-state index contributed by atoms with van der Waals surface area (Å²) in [5.74, 6) is 0.831. The summed E-state index contributed by atoms with van der Waals surface area (Å²) in [5.41, 5.74) is 0.564. The molecule has 33 heavy (non-hydrogen) atoms. The number of rotatable bonds is 6. The summed E-state index contributed by atoms with van der Waals surface area (Å²) in [6.07, 6.45) is 5.69. The molecule has 182 valence electrons. The number of carbonyl (C=O) groups is 1. The maximum atomic E-state index is 12.3. The van der Waals surface area contributed by atoms with Crippen molar-refractivity contribution in [2.45, 2.75) is 58.0 Å². The highest BCUT2D eigenvalue weighted by molar-refractivity contribution is 7.85. The number of hydrogen-bond acceptors (Lipinski definition) is 9. The Labute approximate surface area is 198 Å². The van der Waals surface area contributed by atoms with Crippen LogP contribution in [0.15, 0.2) is 6.33 Å². The van der Waals surface area contributed by atoms with E-state index in [2.05, 4.69) is 9.97 Å². The van der Waals surface area contributed by atoms with Crippen LogP contribution >= 0.6 is 11.3 Å². The fourth-order valence-electron chi connectivity index (χ4n) is 4.33. The van der Waals surface area contributed by atoms with Gasteiger partial charge in [-0.05, 0) is 57.9 Å². The monoisotopic (exact) mass is 497 g/mol. The number of ether oxygens (including phenoxy) is 2. The number of aromatic nitrogens is 2. The number of amides is 1. The smallest absolute Gasteiger partial charge is 0.410 e. The first-order chi connectivity index (χ1) is 15.5. The minimum Gasteiger partial charge on any atom is -0.477 e. The van der Waals surface area contributed by atoms with Crippen LogP contribution in [-0.4, -0.2) is 67.5 Å². The Bertz CT molecular complexity index is 1120. The molecule has 1 aliphatic carbocycles. The molecule has 3 heterocycles. The summed E-state index contributed by atoms with van der Waals surface area (Å²) < 4.78 is 39.7. The quantitative estimate of drug-likeness (QED) is 0.556. The van der Waals surface area contributed by atoms with Crippen LogP contribution < -0.4 is 4.74 Å². The van der Waals surface area contributed by atoms with Gasteiger partial charge < -0.3 is 14.4 Å². The molecule has 0 radical (unpaired) electrons. The Kier molecular flexibility index (Phi) is 6.84. The topological polar surface area (TPSA) is 108 Å². The van der Waals surface area contributed by atoms with Crippen LogP contribution in [0, 0.1) is 5.92 Å². The number of piperidine rings is 1. The van der Waals surface area contributed by atoms with Gasteiger partial charge in [0.25, 0.3) is 10.1 Å². The Balaban J connectivity index is 1.41. The second-order valence-electron chi connectivity index (χ2n) is 9.74. The van der Waals surface area contributed by atoms with Crippen molar-refractivity contribution in [3.05, 3.63) is 16.8 Å². The minimum absolute atomic E-state index is 0.0195. The second kappa shape index (κ2) is 9.34. The van der Waals surface area contributed by atoms with Gasteiger partial charge >= 0.3 is 6.09 Å². The molecule has 0 bridgehead atoms. The lowest BCUT2D eigenvalue weighted by Gasteiger charge is -2.33. The zero-order valence-electron chi connectivity index (χ0n) is 19.5. The third-order valence-electron chi connectivity index (χ3n) is 5.90. The molecular weight excluding hydrogens is 466 g/mol. The maximum Gasteiger partial charge on any atom is 0.410 e. The van der Waals surface area contributed by atoms with E-state index in [-0.39, 0.29) is 18.6 Å². The molecule has 2 aromatic rings. The number of aryl methyl sites for hydroxylation is 1. The number of likely N-dealkylation sites (tertiary alicyclic amines) is 1. The van der Waals surface area contributed by atoms with E-state index in [0.717, 1.165) is 47.7 Å².